The minimum absolute atomic E-state index is 0.785. The second-order valence-corrected chi connectivity index (χ2v) is 10.4. The van der Waals surface area contributed by atoms with Gasteiger partial charge < -0.3 is 4.74 Å². The molecule has 188 valence electrons. The van der Waals surface area contributed by atoms with E-state index in [9.17, 15) is 0 Å². The fourth-order valence-electron chi connectivity index (χ4n) is 5.57. The number of hydrogen-bond donors (Lipinski definition) is 0. The summed E-state index contributed by atoms with van der Waals surface area (Å²) in [6.45, 7) is 5.38. The molecule has 1 aromatic heterocycles. The fourth-order valence-corrected chi connectivity index (χ4v) is 5.57. The van der Waals surface area contributed by atoms with Gasteiger partial charge in [0, 0.05) is 11.8 Å². The van der Waals surface area contributed by atoms with Crippen LogP contribution in [0.2, 0.25) is 0 Å². The lowest BCUT2D eigenvalue weighted by atomic mass is 9.78. The number of para-hydroxylation sites is 1. The van der Waals surface area contributed by atoms with E-state index in [4.69, 9.17) is 9.72 Å². The van der Waals surface area contributed by atoms with Crippen molar-refractivity contribution in [2.75, 3.05) is 6.61 Å². The zero-order valence-electron chi connectivity index (χ0n) is 21.9. The Morgan fingerprint density at radius 1 is 0.794 bits per heavy atom. The molecule has 3 rings (SSSR count). The van der Waals surface area contributed by atoms with Crippen LogP contribution in [0.4, 0.5) is 0 Å². The molecule has 1 aromatic carbocycles. The molecule has 0 amide bonds. The maximum atomic E-state index is 6.26. The molecule has 34 heavy (non-hydrogen) atoms. The quantitative estimate of drug-likeness (QED) is 0.232. The van der Waals surface area contributed by atoms with Crippen LogP contribution in [-0.2, 0) is 6.42 Å². The topological polar surface area (TPSA) is 35.0 Å². The predicted molar refractivity (Wildman–Crippen MR) is 144 cm³/mol. The molecule has 1 fully saturated rings. The summed E-state index contributed by atoms with van der Waals surface area (Å²) >= 11 is 0. The number of aryl methyl sites for hydroxylation is 1. The Kier molecular flexibility index (Phi) is 12.5. The summed E-state index contributed by atoms with van der Waals surface area (Å²) < 4.78 is 6.26. The van der Waals surface area contributed by atoms with E-state index in [-0.39, 0.29) is 0 Å². The van der Waals surface area contributed by atoms with E-state index >= 15 is 0 Å². The number of ether oxygens (including phenoxy) is 1. The highest BCUT2D eigenvalue weighted by Crippen LogP contribution is 2.35. The van der Waals surface area contributed by atoms with Gasteiger partial charge in [-0.05, 0) is 48.8 Å². The highest BCUT2D eigenvalue weighted by Gasteiger charge is 2.21. The third kappa shape index (κ3) is 9.04. The standard InChI is InChI=1S/C31H48N2O/c1-3-5-6-7-8-9-10-13-23-34-30-16-12-11-15-29(30)31-28(24-32-25-33-31)22-21-27-19-17-26(14-4-2)18-20-27/h11-12,15-16,24-27H,3-10,13-14,17-23H2,1-2H3. The average Bonchev–Trinajstić information content (AvgIpc) is 2.88. The van der Waals surface area contributed by atoms with Gasteiger partial charge in [-0.25, -0.2) is 9.97 Å². The number of hydrogen-bond acceptors (Lipinski definition) is 3. The van der Waals surface area contributed by atoms with E-state index in [0.29, 0.717) is 0 Å². The second kappa shape index (κ2) is 15.9. The van der Waals surface area contributed by atoms with Crippen molar-refractivity contribution < 1.29 is 4.74 Å². The predicted octanol–water partition coefficient (Wildman–Crippen LogP) is 9.20. The second-order valence-electron chi connectivity index (χ2n) is 10.4. The maximum absolute atomic E-state index is 6.26. The highest BCUT2D eigenvalue weighted by molar-refractivity contribution is 5.69. The largest absolute Gasteiger partial charge is 0.493 e. The zero-order valence-corrected chi connectivity index (χ0v) is 21.9. The molecule has 0 bridgehead atoms. The van der Waals surface area contributed by atoms with Gasteiger partial charge >= 0.3 is 0 Å². The van der Waals surface area contributed by atoms with Crippen molar-refractivity contribution >= 4 is 0 Å². The molecule has 3 nitrogen and oxygen atoms in total. The molecular formula is C31H48N2O. The van der Waals surface area contributed by atoms with Gasteiger partial charge in [0.2, 0.25) is 0 Å². The van der Waals surface area contributed by atoms with Crippen molar-refractivity contribution in [1.29, 1.82) is 0 Å². The van der Waals surface area contributed by atoms with Crippen LogP contribution < -0.4 is 4.74 Å². The Labute approximate surface area is 209 Å². The van der Waals surface area contributed by atoms with Crippen LogP contribution in [0.1, 0.15) is 116 Å². The van der Waals surface area contributed by atoms with Crippen molar-refractivity contribution in [2.45, 2.75) is 117 Å². The van der Waals surface area contributed by atoms with Crippen molar-refractivity contribution in [2.24, 2.45) is 11.8 Å². The smallest absolute Gasteiger partial charge is 0.128 e. The Bertz CT molecular complexity index is 798. The lowest BCUT2D eigenvalue weighted by molar-refractivity contribution is 0.252. The molecule has 0 radical (unpaired) electrons. The van der Waals surface area contributed by atoms with Crippen LogP contribution in [0.25, 0.3) is 11.3 Å². The van der Waals surface area contributed by atoms with Crippen LogP contribution in [0.5, 0.6) is 5.75 Å². The number of benzene rings is 1. The minimum atomic E-state index is 0.785. The van der Waals surface area contributed by atoms with Gasteiger partial charge in [-0.15, -0.1) is 0 Å². The SMILES string of the molecule is CCCCCCCCCCOc1ccccc1-c1ncncc1CCC1CCC(CCC)CC1. The van der Waals surface area contributed by atoms with Gasteiger partial charge in [-0.2, -0.15) is 0 Å². The monoisotopic (exact) mass is 464 g/mol. The van der Waals surface area contributed by atoms with Crippen molar-refractivity contribution in [3.63, 3.8) is 0 Å². The number of unbranched alkanes of at least 4 members (excludes halogenated alkanes) is 7. The Balaban J connectivity index is 1.49. The molecule has 3 heteroatoms. The molecule has 1 saturated carbocycles. The van der Waals surface area contributed by atoms with Crippen molar-refractivity contribution in [3.8, 4) is 17.0 Å². The number of aromatic nitrogens is 2. The molecular weight excluding hydrogens is 416 g/mol. The van der Waals surface area contributed by atoms with Gasteiger partial charge in [-0.1, -0.05) is 109 Å². The normalized spacial score (nSPS) is 18.2. The molecule has 1 aliphatic rings. The summed E-state index contributed by atoms with van der Waals surface area (Å²) in [7, 11) is 0. The first-order valence-corrected chi connectivity index (χ1v) is 14.3. The number of nitrogens with zero attached hydrogens (tertiary/aromatic N) is 2. The van der Waals surface area contributed by atoms with E-state index < -0.39 is 0 Å². The molecule has 1 aliphatic carbocycles. The van der Waals surface area contributed by atoms with Gasteiger partial charge in [0.25, 0.3) is 0 Å². The molecule has 0 saturated heterocycles. The Hall–Kier alpha value is -1.90. The summed E-state index contributed by atoms with van der Waals surface area (Å²) in [5.74, 6) is 2.79. The third-order valence-electron chi connectivity index (χ3n) is 7.67. The van der Waals surface area contributed by atoms with E-state index in [0.717, 1.165) is 48.3 Å². The summed E-state index contributed by atoms with van der Waals surface area (Å²) in [4.78, 5) is 9.08. The Morgan fingerprint density at radius 2 is 1.47 bits per heavy atom. The average molecular weight is 465 g/mol. The lowest BCUT2D eigenvalue weighted by Crippen LogP contribution is -2.15. The van der Waals surface area contributed by atoms with E-state index in [2.05, 4.69) is 43.1 Å². The summed E-state index contributed by atoms with van der Waals surface area (Å²) in [6.07, 6.45) is 25.0. The third-order valence-corrected chi connectivity index (χ3v) is 7.67. The summed E-state index contributed by atoms with van der Waals surface area (Å²) in [5, 5.41) is 0. The molecule has 0 spiro atoms. The zero-order chi connectivity index (χ0) is 23.8. The van der Waals surface area contributed by atoms with E-state index in [1.165, 1.54) is 95.5 Å². The summed E-state index contributed by atoms with van der Waals surface area (Å²) in [6, 6.07) is 8.42. The first-order valence-electron chi connectivity index (χ1n) is 14.3. The number of rotatable bonds is 16. The minimum Gasteiger partial charge on any atom is -0.493 e. The first kappa shape index (κ1) is 26.7. The maximum Gasteiger partial charge on any atom is 0.128 e. The van der Waals surface area contributed by atoms with Gasteiger partial charge in [0.15, 0.2) is 0 Å². The molecule has 0 unspecified atom stereocenters. The summed E-state index contributed by atoms with van der Waals surface area (Å²) in [5.41, 5.74) is 3.44. The van der Waals surface area contributed by atoms with E-state index in [1.807, 2.05) is 6.20 Å². The van der Waals surface area contributed by atoms with Gasteiger partial charge in [0.1, 0.15) is 12.1 Å². The molecule has 0 N–H and O–H groups in total. The Morgan fingerprint density at radius 3 is 2.21 bits per heavy atom. The lowest BCUT2D eigenvalue weighted by Gasteiger charge is -2.28. The van der Waals surface area contributed by atoms with Crippen molar-refractivity contribution in [3.05, 3.63) is 42.4 Å². The van der Waals surface area contributed by atoms with Crippen LogP contribution in [0, 0.1) is 11.8 Å². The van der Waals surface area contributed by atoms with Gasteiger partial charge in [-0.3, -0.25) is 0 Å². The molecule has 0 atom stereocenters. The van der Waals surface area contributed by atoms with Gasteiger partial charge in [0.05, 0.1) is 12.3 Å². The molecule has 1 heterocycles. The highest BCUT2D eigenvalue weighted by atomic mass is 16.5. The fraction of sp³-hybridized carbons (Fsp3) is 0.677. The van der Waals surface area contributed by atoms with Crippen molar-refractivity contribution in [1.82, 2.24) is 9.97 Å². The molecule has 2 aromatic rings. The van der Waals surface area contributed by atoms with E-state index in [1.54, 1.807) is 6.33 Å². The van der Waals surface area contributed by atoms with Crippen LogP contribution in [0.3, 0.4) is 0 Å². The molecule has 0 aliphatic heterocycles. The first-order chi connectivity index (χ1) is 16.8. The van der Waals surface area contributed by atoms with Crippen LogP contribution in [0.15, 0.2) is 36.8 Å². The van der Waals surface area contributed by atoms with Crippen LogP contribution in [-0.4, -0.2) is 16.6 Å². The van der Waals surface area contributed by atoms with Crippen LogP contribution >= 0.6 is 0 Å².